The molecule has 0 fully saturated rings. The van der Waals surface area contributed by atoms with Crippen LogP contribution in [0, 0.1) is 6.92 Å². The molecule has 5 heteroatoms. The number of hydrogen-bond donors (Lipinski definition) is 1. The summed E-state index contributed by atoms with van der Waals surface area (Å²) in [7, 11) is 0. The van der Waals surface area contributed by atoms with Gasteiger partial charge in [-0.1, -0.05) is 60.1 Å². The highest BCUT2D eigenvalue weighted by atomic mass is 35.5. The van der Waals surface area contributed by atoms with Crippen molar-refractivity contribution in [3.05, 3.63) is 86.8 Å². The Balaban J connectivity index is 2.21. The van der Waals surface area contributed by atoms with E-state index < -0.39 is 0 Å². The minimum Gasteiger partial charge on any atom is -0.396 e. The lowest BCUT2D eigenvalue weighted by atomic mass is 10.1. The highest BCUT2D eigenvalue weighted by molar-refractivity contribution is 6.31. The van der Waals surface area contributed by atoms with E-state index in [9.17, 15) is 9.90 Å². The molecule has 3 rings (SSSR count). The molecule has 0 saturated carbocycles. The summed E-state index contributed by atoms with van der Waals surface area (Å²) >= 11 is 6.28. The topological polar surface area (TPSA) is 55.1 Å². The van der Waals surface area contributed by atoms with Crippen LogP contribution in [-0.2, 0) is 13.0 Å². The van der Waals surface area contributed by atoms with Crippen molar-refractivity contribution in [1.29, 1.82) is 0 Å². The van der Waals surface area contributed by atoms with Crippen molar-refractivity contribution >= 4 is 11.6 Å². The van der Waals surface area contributed by atoms with Crippen LogP contribution >= 0.6 is 11.6 Å². The normalized spacial score (nSPS) is 10.8. The molecule has 0 aliphatic rings. The molecule has 128 valence electrons. The van der Waals surface area contributed by atoms with Crippen molar-refractivity contribution in [2.45, 2.75) is 19.9 Å². The van der Waals surface area contributed by atoms with Gasteiger partial charge in [0.05, 0.1) is 6.54 Å². The predicted molar refractivity (Wildman–Crippen MR) is 100 cm³/mol. The maximum Gasteiger partial charge on any atom is 0.257 e. The van der Waals surface area contributed by atoms with E-state index in [0.29, 0.717) is 28.6 Å². The molecular weight excluding hydrogens is 336 g/mol. The number of aromatic nitrogens is 2. The molecule has 3 aromatic rings. The molecule has 0 bridgehead atoms. The minimum atomic E-state index is -0.139. The highest BCUT2D eigenvalue weighted by Gasteiger charge is 2.16. The van der Waals surface area contributed by atoms with Crippen molar-refractivity contribution in [2.75, 3.05) is 6.61 Å². The molecule has 0 aliphatic heterocycles. The van der Waals surface area contributed by atoms with Crippen LogP contribution in [0.25, 0.3) is 11.4 Å². The monoisotopic (exact) mass is 354 g/mol. The van der Waals surface area contributed by atoms with Crippen molar-refractivity contribution in [3.8, 4) is 11.4 Å². The fourth-order valence-electron chi connectivity index (χ4n) is 2.85. The summed E-state index contributed by atoms with van der Waals surface area (Å²) in [6.45, 7) is 2.04. The summed E-state index contributed by atoms with van der Waals surface area (Å²) in [5, 5.41) is 9.89. The average Bonchev–Trinajstić information content (AvgIpc) is 2.63. The first-order valence-corrected chi connectivity index (χ1v) is 8.49. The van der Waals surface area contributed by atoms with Crippen LogP contribution < -0.4 is 5.56 Å². The van der Waals surface area contributed by atoms with Crippen LogP contribution in [-0.4, -0.2) is 21.3 Å². The van der Waals surface area contributed by atoms with Gasteiger partial charge in [-0.3, -0.25) is 9.36 Å². The number of aryl methyl sites for hydroxylation is 1. The van der Waals surface area contributed by atoms with Crippen molar-refractivity contribution < 1.29 is 5.11 Å². The Labute approximate surface area is 151 Å². The predicted octanol–water partition coefficient (Wildman–Crippen LogP) is 3.46. The first-order valence-electron chi connectivity index (χ1n) is 8.12. The van der Waals surface area contributed by atoms with E-state index in [2.05, 4.69) is 4.98 Å². The molecule has 4 nitrogen and oxygen atoms in total. The van der Waals surface area contributed by atoms with E-state index in [1.807, 2.05) is 48.5 Å². The summed E-state index contributed by atoms with van der Waals surface area (Å²) in [6, 6.07) is 17.1. The molecule has 0 radical (unpaired) electrons. The lowest BCUT2D eigenvalue weighted by molar-refractivity contribution is 0.298. The number of aliphatic hydroxyl groups is 1. The van der Waals surface area contributed by atoms with Gasteiger partial charge in [0, 0.05) is 34.9 Å². The lowest BCUT2D eigenvalue weighted by Gasteiger charge is -2.16. The highest BCUT2D eigenvalue weighted by Crippen LogP contribution is 2.21. The zero-order chi connectivity index (χ0) is 17.8. The Morgan fingerprint density at radius 2 is 1.76 bits per heavy atom. The Hall–Kier alpha value is -2.43. The van der Waals surface area contributed by atoms with Gasteiger partial charge in [-0.05, 0) is 18.6 Å². The fraction of sp³-hybridized carbons (Fsp3) is 0.200. The third-order valence-corrected chi connectivity index (χ3v) is 4.52. The van der Waals surface area contributed by atoms with Crippen LogP contribution in [0.4, 0.5) is 0 Å². The van der Waals surface area contributed by atoms with E-state index in [-0.39, 0.29) is 18.6 Å². The summed E-state index contributed by atoms with van der Waals surface area (Å²) in [5.74, 6) is 0.602. The molecule has 1 heterocycles. The van der Waals surface area contributed by atoms with E-state index in [1.54, 1.807) is 17.6 Å². The van der Waals surface area contributed by atoms with Gasteiger partial charge in [-0.25, -0.2) is 4.98 Å². The average molecular weight is 355 g/mol. The molecule has 0 atom stereocenters. The van der Waals surface area contributed by atoms with Gasteiger partial charge in [0.1, 0.15) is 5.82 Å². The number of rotatable bonds is 5. The standard InChI is InChI=1S/C20H19ClN2O2/c1-14-17(11-12-24)20(25)23(13-16-9-5-6-10-18(16)21)19(22-14)15-7-3-2-4-8-15/h2-10,24H,11-13H2,1H3. The maximum atomic E-state index is 13.1. The smallest absolute Gasteiger partial charge is 0.257 e. The number of hydrogen-bond acceptors (Lipinski definition) is 3. The first kappa shape index (κ1) is 17.4. The Kier molecular flexibility index (Phi) is 5.31. The lowest BCUT2D eigenvalue weighted by Crippen LogP contribution is -2.29. The SMILES string of the molecule is Cc1nc(-c2ccccc2)n(Cc2ccccc2Cl)c(=O)c1CCO. The second-order valence-corrected chi connectivity index (χ2v) is 6.23. The van der Waals surface area contributed by atoms with E-state index in [0.717, 1.165) is 11.1 Å². The third kappa shape index (κ3) is 3.65. The molecule has 1 aromatic heterocycles. The van der Waals surface area contributed by atoms with E-state index in [4.69, 9.17) is 11.6 Å². The minimum absolute atomic E-state index is 0.0888. The molecule has 0 saturated heterocycles. The summed E-state index contributed by atoms with van der Waals surface area (Å²) in [4.78, 5) is 17.7. The fourth-order valence-corrected chi connectivity index (χ4v) is 3.05. The second-order valence-electron chi connectivity index (χ2n) is 5.82. The van der Waals surface area contributed by atoms with Crippen LogP contribution in [0.2, 0.25) is 5.02 Å². The molecule has 0 amide bonds. The van der Waals surface area contributed by atoms with Gasteiger partial charge in [0.15, 0.2) is 0 Å². The molecule has 0 aliphatic carbocycles. The van der Waals surface area contributed by atoms with E-state index in [1.165, 1.54) is 0 Å². The zero-order valence-corrected chi connectivity index (χ0v) is 14.7. The van der Waals surface area contributed by atoms with Crippen molar-refractivity contribution in [3.63, 3.8) is 0 Å². The number of aliphatic hydroxyl groups excluding tert-OH is 1. The van der Waals surface area contributed by atoms with Crippen LogP contribution in [0.15, 0.2) is 59.4 Å². The number of benzene rings is 2. The molecule has 2 aromatic carbocycles. The van der Waals surface area contributed by atoms with Gasteiger partial charge in [0.2, 0.25) is 0 Å². The van der Waals surface area contributed by atoms with Gasteiger partial charge < -0.3 is 5.11 Å². The van der Waals surface area contributed by atoms with Crippen LogP contribution in [0.5, 0.6) is 0 Å². The molecule has 0 spiro atoms. The van der Waals surface area contributed by atoms with Crippen molar-refractivity contribution in [2.24, 2.45) is 0 Å². The second kappa shape index (κ2) is 7.64. The Morgan fingerprint density at radius 1 is 1.08 bits per heavy atom. The Bertz CT molecular complexity index is 936. The van der Waals surface area contributed by atoms with Gasteiger partial charge >= 0.3 is 0 Å². The van der Waals surface area contributed by atoms with Gasteiger partial charge in [-0.2, -0.15) is 0 Å². The summed E-state index contributed by atoms with van der Waals surface area (Å²) in [6.07, 6.45) is 0.287. The molecule has 25 heavy (non-hydrogen) atoms. The number of nitrogens with zero attached hydrogens (tertiary/aromatic N) is 2. The Morgan fingerprint density at radius 3 is 2.44 bits per heavy atom. The summed E-state index contributed by atoms with van der Waals surface area (Å²) in [5.41, 5.74) is 2.76. The summed E-state index contributed by atoms with van der Waals surface area (Å²) < 4.78 is 1.63. The van der Waals surface area contributed by atoms with E-state index >= 15 is 0 Å². The third-order valence-electron chi connectivity index (χ3n) is 4.15. The van der Waals surface area contributed by atoms with Crippen LogP contribution in [0.3, 0.4) is 0 Å². The number of halogens is 1. The molecular formula is C20H19ClN2O2. The van der Waals surface area contributed by atoms with Crippen molar-refractivity contribution in [1.82, 2.24) is 9.55 Å². The van der Waals surface area contributed by atoms with Gasteiger partial charge in [-0.15, -0.1) is 0 Å². The molecule has 1 N–H and O–H groups in total. The van der Waals surface area contributed by atoms with Gasteiger partial charge in [0.25, 0.3) is 5.56 Å². The maximum absolute atomic E-state index is 13.1. The zero-order valence-electron chi connectivity index (χ0n) is 13.9. The quantitative estimate of drug-likeness (QED) is 0.763. The largest absolute Gasteiger partial charge is 0.396 e. The first-order chi connectivity index (χ1) is 12.1. The van der Waals surface area contributed by atoms with Crippen LogP contribution in [0.1, 0.15) is 16.8 Å². The molecule has 0 unspecified atom stereocenters.